The van der Waals surface area contributed by atoms with Crippen molar-refractivity contribution in [1.29, 1.82) is 0 Å². The smallest absolute Gasteiger partial charge is 0.404 e. The maximum atomic E-state index is 15.3. The van der Waals surface area contributed by atoms with E-state index in [-0.39, 0.29) is 29.3 Å². The van der Waals surface area contributed by atoms with Gasteiger partial charge >= 0.3 is 7.82 Å². The van der Waals surface area contributed by atoms with Gasteiger partial charge in [-0.15, -0.1) is 0 Å². The number of ether oxygens (including phenoxy) is 1. The fourth-order valence-corrected chi connectivity index (χ4v) is 4.59. The minimum absolute atomic E-state index is 0.0489. The van der Waals surface area contributed by atoms with Crippen LogP contribution in [0.1, 0.15) is 11.8 Å². The van der Waals surface area contributed by atoms with Crippen molar-refractivity contribution in [3.63, 3.8) is 0 Å². The lowest BCUT2D eigenvalue weighted by Crippen LogP contribution is -2.40. The molecule has 0 spiro atoms. The van der Waals surface area contributed by atoms with Gasteiger partial charge in [0, 0.05) is 5.56 Å². The summed E-state index contributed by atoms with van der Waals surface area (Å²) in [7, 11) is -4.24. The number of phosphoric ester groups is 1. The first kappa shape index (κ1) is 20.2. The minimum Gasteiger partial charge on any atom is -0.404 e. The quantitative estimate of drug-likeness (QED) is 0.561. The van der Waals surface area contributed by atoms with E-state index < -0.39 is 38.8 Å². The molecule has 1 unspecified atom stereocenters. The molecule has 0 saturated carbocycles. The van der Waals surface area contributed by atoms with Gasteiger partial charge < -0.3 is 20.1 Å². The Kier molecular flexibility index (Phi) is 4.68. The molecule has 0 aliphatic carbocycles. The van der Waals surface area contributed by atoms with Crippen LogP contribution in [0, 0.1) is 0 Å². The number of nitrogen functional groups attached to an aromatic ring is 1. The number of aliphatic hydroxyl groups excluding tert-OH is 1. The van der Waals surface area contributed by atoms with Crippen LogP contribution in [0.3, 0.4) is 0 Å². The molecule has 2 aromatic heterocycles. The van der Waals surface area contributed by atoms with Crippen LogP contribution in [0.15, 0.2) is 36.9 Å². The van der Waals surface area contributed by atoms with Crippen LogP contribution >= 0.6 is 7.82 Å². The van der Waals surface area contributed by atoms with Crippen LogP contribution in [0.25, 0.3) is 11.2 Å². The molecule has 31 heavy (non-hydrogen) atoms. The number of fused-ring (bicyclic) bond motifs is 2. The highest BCUT2D eigenvalue weighted by atomic mass is 31.2. The molecular weight excluding hydrogens is 439 g/mol. The summed E-state index contributed by atoms with van der Waals surface area (Å²) >= 11 is 0. The standard InChI is InChI=1S/C17H16F2N5O6P/c18-13-12(25)16(24-8-23-11-14(20)21-7-22-15(11)24)29-17(13,19)6-28-31(26)27-5-9-3-1-2-4-10(9)30-31/h1-4,7-8,12-13,16,25H,5-6H2,(H2,20,21,22)/t12-,13+,16-,17-,31?/m1/s1. The van der Waals surface area contributed by atoms with Crippen LogP contribution in [0.2, 0.25) is 0 Å². The molecule has 2 aliphatic heterocycles. The van der Waals surface area contributed by atoms with Crippen molar-refractivity contribution in [2.45, 2.75) is 31.0 Å². The lowest BCUT2D eigenvalue weighted by atomic mass is 10.1. The summed E-state index contributed by atoms with van der Waals surface area (Å²) in [5, 5.41) is 10.3. The molecule has 3 N–H and O–H groups in total. The van der Waals surface area contributed by atoms with Gasteiger partial charge in [-0.1, -0.05) is 18.2 Å². The number of para-hydroxylation sites is 1. The van der Waals surface area contributed by atoms with Crippen LogP contribution in [0.4, 0.5) is 14.6 Å². The molecule has 1 saturated heterocycles. The Morgan fingerprint density at radius 2 is 2.16 bits per heavy atom. The molecule has 1 fully saturated rings. The predicted molar refractivity (Wildman–Crippen MR) is 100 cm³/mol. The van der Waals surface area contributed by atoms with Crippen molar-refractivity contribution in [1.82, 2.24) is 19.5 Å². The van der Waals surface area contributed by atoms with Crippen molar-refractivity contribution >= 4 is 24.8 Å². The molecule has 14 heteroatoms. The van der Waals surface area contributed by atoms with Gasteiger partial charge in [-0.3, -0.25) is 13.6 Å². The molecule has 0 radical (unpaired) electrons. The zero-order valence-corrected chi connectivity index (χ0v) is 16.6. The number of aliphatic hydroxyl groups is 1. The summed E-state index contributed by atoms with van der Waals surface area (Å²) in [6.07, 6.45) is -3.74. The highest BCUT2D eigenvalue weighted by Crippen LogP contribution is 2.55. The summed E-state index contributed by atoms with van der Waals surface area (Å²) in [6.45, 7) is -1.26. The van der Waals surface area contributed by atoms with Crippen LogP contribution < -0.4 is 10.3 Å². The van der Waals surface area contributed by atoms with Crippen molar-refractivity contribution in [2.75, 3.05) is 12.3 Å². The molecule has 4 heterocycles. The molecule has 0 bridgehead atoms. The van der Waals surface area contributed by atoms with Crippen LogP contribution in [0.5, 0.6) is 5.75 Å². The SMILES string of the molecule is Nc1ncnc2c1ncn2[C@@H]1O[C@](F)(COP2(=O)OCc3ccccc3O2)[C@@H](F)[C@H]1O. The molecule has 11 nitrogen and oxygen atoms in total. The van der Waals surface area contributed by atoms with E-state index in [0.717, 1.165) is 17.2 Å². The summed E-state index contributed by atoms with van der Waals surface area (Å²) < 4.78 is 64.3. The molecule has 2 aliphatic rings. The molecule has 5 atom stereocenters. The van der Waals surface area contributed by atoms with Gasteiger partial charge in [0.25, 0.3) is 5.85 Å². The number of imidazole rings is 1. The number of benzene rings is 1. The summed E-state index contributed by atoms with van der Waals surface area (Å²) in [5.74, 6) is -2.86. The van der Waals surface area contributed by atoms with E-state index in [1.807, 2.05) is 0 Å². The van der Waals surface area contributed by atoms with Gasteiger partial charge in [-0.2, -0.15) is 0 Å². The molecular formula is C17H16F2N5O6P. The first-order valence-corrected chi connectivity index (χ1v) is 10.5. The Morgan fingerprint density at radius 1 is 1.35 bits per heavy atom. The Bertz CT molecular complexity index is 1200. The van der Waals surface area contributed by atoms with E-state index in [2.05, 4.69) is 15.0 Å². The average molecular weight is 455 g/mol. The Hall–Kier alpha value is -2.70. The number of phosphoric acid groups is 1. The van der Waals surface area contributed by atoms with Gasteiger partial charge in [0.05, 0.1) is 12.9 Å². The van der Waals surface area contributed by atoms with Crippen LogP contribution in [-0.4, -0.2) is 49.4 Å². The van der Waals surface area contributed by atoms with E-state index in [1.54, 1.807) is 24.3 Å². The van der Waals surface area contributed by atoms with Gasteiger partial charge in [-0.05, 0) is 6.07 Å². The summed E-state index contributed by atoms with van der Waals surface area (Å²) in [6, 6.07) is 6.62. The third-order valence-electron chi connectivity index (χ3n) is 4.96. The topological polar surface area (TPSA) is 144 Å². The van der Waals surface area contributed by atoms with Gasteiger partial charge in [-0.25, -0.2) is 28.3 Å². The Labute approximate surface area is 173 Å². The van der Waals surface area contributed by atoms with Gasteiger partial charge in [0.1, 0.15) is 30.3 Å². The number of hydrogen-bond donors (Lipinski definition) is 2. The highest BCUT2D eigenvalue weighted by molar-refractivity contribution is 7.49. The van der Waals surface area contributed by atoms with E-state index in [1.165, 1.54) is 0 Å². The summed E-state index contributed by atoms with van der Waals surface area (Å²) in [5.41, 5.74) is 6.61. The lowest BCUT2D eigenvalue weighted by molar-refractivity contribution is -0.193. The molecule has 3 aromatic rings. The number of hydrogen-bond acceptors (Lipinski definition) is 10. The second-order valence-electron chi connectivity index (χ2n) is 6.96. The predicted octanol–water partition coefficient (Wildman–Crippen LogP) is 2.04. The van der Waals surface area contributed by atoms with Crippen molar-refractivity contribution in [3.8, 4) is 5.75 Å². The number of anilines is 1. The molecule has 1 aromatic carbocycles. The van der Waals surface area contributed by atoms with E-state index in [4.69, 9.17) is 24.0 Å². The zero-order valence-electron chi connectivity index (χ0n) is 15.7. The third kappa shape index (κ3) is 3.34. The number of aromatic nitrogens is 4. The Balaban J connectivity index is 1.35. The number of alkyl halides is 2. The van der Waals surface area contributed by atoms with E-state index in [9.17, 15) is 14.1 Å². The second-order valence-corrected chi connectivity index (χ2v) is 8.56. The van der Waals surface area contributed by atoms with E-state index in [0.29, 0.717) is 5.56 Å². The zero-order chi connectivity index (χ0) is 21.8. The highest BCUT2D eigenvalue weighted by Gasteiger charge is 2.59. The number of nitrogens with two attached hydrogens (primary N) is 1. The largest absolute Gasteiger partial charge is 0.530 e. The average Bonchev–Trinajstić information content (AvgIpc) is 3.29. The number of nitrogens with zero attached hydrogens (tertiary/aromatic N) is 4. The molecule has 5 rings (SSSR count). The van der Waals surface area contributed by atoms with Crippen molar-refractivity contribution < 1.29 is 36.8 Å². The monoisotopic (exact) mass is 455 g/mol. The number of rotatable bonds is 4. The van der Waals surface area contributed by atoms with E-state index >= 15 is 4.39 Å². The maximum absolute atomic E-state index is 15.3. The Morgan fingerprint density at radius 3 is 3.00 bits per heavy atom. The van der Waals surface area contributed by atoms with Crippen molar-refractivity contribution in [2.24, 2.45) is 0 Å². The normalized spacial score (nSPS) is 32.7. The lowest BCUT2D eigenvalue weighted by Gasteiger charge is -2.27. The second kappa shape index (κ2) is 7.18. The third-order valence-corrected chi connectivity index (χ3v) is 6.27. The maximum Gasteiger partial charge on any atom is 0.530 e. The van der Waals surface area contributed by atoms with Gasteiger partial charge in [0.15, 0.2) is 23.9 Å². The summed E-state index contributed by atoms with van der Waals surface area (Å²) in [4.78, 5) is 11.7. The number of halogens is 2. The first-order valence-electron chi connectivity index (χ1n) is 9.08. The minimum atomic E-state index is -4.24. The fraction of sp³-hybridized carbons (Fsp3) is 0.353. The van der Waals surface area contributed by atoms with Crippen molar-refractivity contribution in [3.05, 3.63) is 42.5 Å². The molecule has 164 valence electrons. The molecule has 0 amide bonds. The first-order chi connectivity index (χ1) is 14.8. The van der Waals surface area contributed by atoms with Crippen LogP contribution in [-0.2, 0) is 25.0 Å². The fourth-order valence-electron chi connectivity index (χ4n) is 3.36. The van der Waals surface area contributed by atoms with Gasteiger partial charge in [0.2, 0.25) is 0 Å².